The summed E-state index contributed by atoms with van der Waals surface area (Å²) >= 11 is 0. The molecular weight excluding hydrogens is 532 g/mol. The number of alkyl halides is 1. The van der Waals surface area contributed by atoms with E-state index in [2.05, 4.69) is 10.6 Å². The van der Waals surface area contributed by atoms with Crippen LogP contribution < -0.4 is 16.4 Å². The van der Waals surface area contributed by atoms with Gasteiger partial charge >= 0.3 is 6.09 Å². The quantitative estimate of drug-likeness (QED) is 0.391. The summed E-state index contributed by atoms with van der Waals surface area (Å²) in [5, 5.41) is 5.33. The lowest BCUT2D eigenvalue weighted by Gasteiger charge is -2.40. The maximum Gasteiger partial charge on any atom is 0.408 e. The fraction of sp³-hybridized carbons (Fsp3) is 0.700. The second-order valence-corrected chi connectivity index (χ2v) is 13.0. The Morgan fingerprint density at radius 2 is 1.76 bits per heavy atom. The summed E-state index contributed by atoms with van der Waals surface area (Å²) in [4.78, 5) is 42.7. The average molecular weight is 578 g/mol. The number of hydrogen-bond acceptors (Lipinski definition) is 6. The molecule has 0 spiro atoms. The molecule has 0 radical (unpaired) electrons. The zero-order valence-corrected chi connectivity index (χ0v) is 24.8. The predicted molar refractivity (Wildman–Crippen MR) is 152 cm³/mol. The highest BCUT2D eigenvalue weighted by molar-refractivity contribution is 5.95. The van der Waals surface area contributed by atoms with Crippen LogP contribution in [0.15, 0.2) is 18.2 Å². The number of hydrogen-bond donors (Lipinski definition) is 3. The third-order valence-electron chi connectivity index (χ3n) is 8.53. The Kier molecular flexibility index (Phi) is 9.58. The molecule has 1 saturated heterocycles. The number of ether oxygens (including phenoxy) is 1. The summed E-state index contributed by atoms with van der Waals surface area (Å²) in [6.07, 6.45) is 3.57. The minimum absolute atomic E-state index is 0.0135. The van der Waals surface area contributed by atoms with Crippen molar-refractivity contribution in [1.82, 2.24) is 15.1 Å². The summed E-state index contributed by atoms with van der Waals surface area (Å²) in [7, 11) is 1.80. The second-order valence-electron chi connectivity index (χ2n) is 13.0. The van der Waals surface area contributed by atoms with E-state index in [0.717, 1.165) is 25.7 Å². The number of nitrogens with one attached hydrogen (secondary N) is 2. The van der Waals surface area contributed by atoms with Crippen LogP contribution in [0.2, 0.25) is 0 Å². The minimum atomic E-state index is -1.08. The van der Waals surface area contributed by atoms with Crippen molar-refractivity contribution in [3.8, 4) is 0 Å². The molecule has 0 bridgehead atoms. The predicted octanol–water partition coefficient (Wildman–Crippen LogP) is 3.64. The molecular formula is C30H45F2N5O4. The molecule has 1 aromatic carbocycles. The average Bonchev–Trinajstić information content (AvgIpc) is 3.83. The van der Waals surface area contributed by atoms with E-state index in [4.69, 9.17) is 10.5 Å². The Bertz CT molecular complexity index is 1110. The van der Waals surface area contributed by atoms with Gasteiger partial charge in [-0.3, -0.25) is 14.5 Å². The van der Waals surface area contributed by atoms with Gasteiger partial charge in [-0.2, -0.15) is 0 Å². The Balaban J connectivity index is 1.50. The smallest absolute Gasteiger partial charge is 0.408 e. The number of amides is 3. The topological polar surface area (TPSA) is 117 Å². The van der Waals surface area contributed by atoms with E-state index in [1.54, 1.807) is 40.8 Å². The lowest BCUT2D eigenvalue weighted by atomic mass is 9.89. The Morgan fingerprint density at radius 3 is 2.29 bits per heavy atom. The van der Waals surface area contributed by atoms with Crippen LogP contribution in [0.3, 0.4) is 0 Å². The molecule has 2 aliphatic carbocycles. The maximum absolute atomic E-state index is 15.3. The summed E-state index contributed by atoms with van der Waals surface area (Å²) in [5.74, 6) is -1.03. The van der Waals surface area contributed by atoms with Crippen molar-refractivity contribution in [3.05, 3.63) is 29.6 Å². The highest BCUT2D eigenvalue weighted by Crippen LogP contribution is 2.50. The first-order valence-corrected chi connectivity index (χ1v) is 14.7. The molecule has 41 heavy (non-hydrogen) atoms. The van der Waals surface area contributed by atoms with Crippen molar-refractivity contribution in [3.63, 3.8) is 0 Å². The fourth-order valence-corrected chi connectivity index (χ4v) is 5.78. The Hall–Kier alpha value is -2.79. The highest BCUT2D eigenvalue weighted by Gasteiger charge is 2.46. The van der Waals surface area contributed by atoms with Crippen molar-refractivity contribution >= 4 is 23.6 Å². The van der Waals surface area contributed by atoms with E-state index in [1.807, 2.05) is 4.90 Å². The van der Waals surface area contributed by atoms with Crippen molar-refractivity contribution in [2.75, 3.05) is 38.7 Å². The van der Waals surface area contributed by atoms with E-state index in [1.165, 1.54) is 17.0 Å². The van der Waals surface area contributed by atoms with Gasteiger partial charge in [0.25, 0.3) is 0 Å². The van der Waals surface area contributed by atoms with E-state index in [9.17, 15) is 18.8 Å². The van der Waals surface area contributed by atoms with Gasteiger partial charge in [-0.1, -0.05) is 13.0 Å². The van der Waals surface area contributed by atoms with E-state index in [-0.39, 0.29) is 18.2 Å². The van der Waals surface area contributed by atoms with Crippen LogP contribution in [0.1, 0.15) is 64.9 Å². The zero-order valence-electron chi connectivity index (χ0n) is 24.8. The first kappa shape index (κ1) is 31.2. The van der Waals surface area contributed by atoms with Crippen LogP contribution in [0.25, 0.3) is 0 Å². The molecule has 2 saturated carbocycles. The van der Waals surface area contributed by atoms with Gasteiger partial charge in [0.05, 0.1) is 17.8 Å². The molecule has 1 aromatic rings. The minimum Gasteiger partial charge on any atom is -0.444 e. The number of nitrogens with zero attached hydrogens (tertiary/aromatic N) is 2. The molecule has 11 heteroatoms. The SMILES string of the molecule is C[C@@H](c1ccc(NC(=O)[C@@H](N)C(C2CC2)C2CC2)c(F)c1)[C@@H](NC(=O)OC(C)(C)C)C(=O)N1CCN(C)[C@H](CF)C1. The summed E-state index contributed by atoms with van der Waals surface area (Å²) in [6.45, 7) is 7.27. The number of nitrogens with two attached hydrogens (primary N) is 1. The molecule has 0 unspecified atom stereocenters. The van der Waals surface area contributed by atoms with Gasteiger partial charge in [-0.15, -0.1) is 0 Å². The van der Waals surface area contributed by atoms with Crippen molar-refractivity contribution < 1.29 is 27.9 Å². The Labute approximate surface area is 241 Å². The number of likely N-dealkylation sites (N-methyl/N-ethyl adjacent to an activating group) is 1. The number of halogens is 2. The molecule has 1 heterocycles. The van der Waals surface area contributed by atoms with Gasteiger partial charge in [0.2, 0.25) is 11.8 Å². The van der Waals surface area contributed by atoms with Crippen LogP contribution in [-0.2, 0) is 14.3 Å². The normalized spacial score (nSPS) is 22.2. The van der Waals surface area contributed by atoms with E-state index in [0.29, 0.717) is 30.5 Å². The van der Waals surface area contributed by atoms with Gasteiger partial charge in [-0.25, -0.2) is 13.6 Å². The van der Waals surface area contributed by atoms with Crippen molar-refractivity contribution in [2.45, 2.75) is 83.0 Å². The summed E-state index contributed by atoms with van der Waals surface area (Å²) < 4.78 is 34.3. The molecule has 0 aromatic heterocycles. The van der Waals surface area contributed by atoms with E-state index < -0.39 is 60.0 Å². The molecule has 3 aliphatic rings. The molecule has 3 fully saturated rings. The van der Waals surface area contributed by atoms with Crippen LogP contribution in [0.4, 0.5) is 19.3 Å². The summed E-state index contributed by atoms with van der Waals surface area (Å²) in [5.41, 5.74) is 6.00. The van der Waals surface area contributed by atoms with Crippen LogP contribution >= 0.6 is 0 Å². The van der Waals surface area contributed by atoms with Gasteiger partial charge in [0, 0.05) is 25.6 Å². The van der Waals surface area contributed by atoms with Gasteiger partial charge in [-0.05, 0) is 89.0 Å². The fourth-order valence-electron chi connectivity index (χ4n) is 5.78. The molecule has 1 aliphatic heterocycles. The lowest BCUT2D eigenvalue weighted by molar-refractivity contribution is -0.137. The number of rotatable bonds is 10. The van der Waals surface area contributed by atoms with Crippen LogP contribution in [-0.4, -0.2) is 84.8 Å². The highest BCUT2D eigenvalue weighted by atomic mass is 19.1. The summed E-state index contributed by atoms with van der Waals surface area (Å²) in [6, 6.07) is 2.12. The number of carbonyl (C=O) groups excluding carboxylic acids is 3. The third-order valence-corrected chi connectivity index (χ3v) is 8.53. The maximum atomic E-state index is 15.3. The molecule has 4 N–H and O–H groups in total. The number of carbonyl (C=O) groups is 3. The van der Waals surface area contributed by atoms with Gasteiger partial charge < -0.3 is 26.0 Å². The van der Waals surface area contributed by atoms with Crippen LogP contribution in [0, 0.1) is 23.6 Å². The largest absolute Gasteiger partial charge is 0.444 e. The first-order chi connectivity index (χ1) is 19.3. The molecule has 4 atom stereocenters. The molecule has 3 amide bonds. The third kappa shape index (κ3) is 7.94. The van der Waals surface area contributed by atoms with Gasteiger partial charge in [0.1, 0.15) is 24.1 Å². The second kappa shape index (κ2) is 12.6. The Morgan fingerprint density at radius 1 is 1.12 bits per heavy atom. The molecule has 9 nitrogen and oxygen atoms in total. The monoisotopic (exact) mass is 577 g/mol. The lowest BCUT2D eigenvalue weighted by Crippen LogP contribution is -2.59. The number of piperazine rings is 1. The number of alkyl carbamates (subject to hydrolysis) is 1. The van der Waals surface area contributed by atoms with E-state index >= 15 is 4.39 Å². The zero-order chi connectivity index (χ0) is 30.1. The standard InChI is InChI=1S/C30H45F2N5O4/c1-17(26(35-29(40)41-30(2,3)4)28(39)37-13-12-36(5)21(15-31)16-37)20-10-11-23(22(32)14-20)34-27(38)25(33)24(18-6-7-18)19-8-9-19/h10-11,14,17-19,21,24-26H,6-9,12-13,15-16,33H2,1-5H3,(H,34,38)(H,35,40)/t17-,21+,25-,26+/m0/s1. The van der Waals surface area contributed by atoms with Crippen LogP contribution in [0.5, 0.6) is 0 Å². The van der Waals surface area contributed by atoms with Crippen molar-refractivity contribution in [2.24, 2.45) is 23.5 Å². The first-order valence-electron chi connectivity index (χ1n) is 14.7. The molecule has 228 valence electrons. The van der Waals surface area contributed by atoms with Crippen molar-refractivity contribution in [1.29, 1.82) is 0 Å². The van der Waals surface area contributed by atoms with Gasteiger partial charge in [0.15, 0.2) is 0 Å². The number of anilines is 1. The number of benzene rings is 1. The molecule has 4 rings (SSSR count).